The second-order valence-corrected chi connectivity index (χ2v) is 7.94. The molecule has 1 aliphatic rings. The van der Waals surface area contributed by atoms with Crippen molar-refractivity contribution in [2.75, 3.05) is 23.3 Å². The van der Waals surface area contributed by atoms with Gasteiger partial charge in [0.1, 0.15) is 5.69 Å². The van der Waals surface area contributed by atoms with E-state index >= 15 is 0 Å². The second-order valence-electron chi connectivity index (χ2n) is 6.07. The highest BCUT2D eigenvalue weighted by molar-refractivity contribution is 7.22. The quantitative estimate of drug-likeness (QED) is 0.576. The number of carbonyl (C=O) groups is 1. The molecule has 1 amide bonds. The van der Waals surface area contributed by atoms with Crippen molar-refractivity contribution in [2.45, 2.75) is 0 Å². The number of aromatic nitrogens is 2. The fourth-order valence-electron chi connectivity index (χ4n) is 2.87. The van der Waals surface area contributed by atoms with Gasteiger partial charge >= 0.3 is 0 Å². The summed E-state index contributed by atoms with van der Waals surface area (Å²) in [5.41, 5.74) is 1.74. The molecule has 0 aliphatic carbocycles. The molecule has 0 atom stereocenters. The maximum Gasteiger partial charge on any atom is 0.232 e. The van der Waals surface area contributed by atoms with Gasteiger partial charge in [-0.15, -0.1) is 11.3 Å². The molecule has 1 aromatic carbocycles. The average Bonchev–Trinajstić information content (AvgIpc) is 3.33. The zero-order chi connectivity index (χ0) is 17.5. The Morgan fingerprint density at radius 2 is 2.08 bits per heavy atom. The van der Waals surface area contributed by atoms with Crippen LogP contribution in [0.3, 0.4) is 0 Å². The van der Waals surface area contributed by atoms with Gasteiger partial charge in [-0.05, 0) is 24.3 Å². The Hall–Kier alpha value is -2.71. The predicted octanol–water partition coefficient (Wildman–Crippen LogP) is 4.09. The van der Waals surface area contributed by atoms with Gasteiger partial charge in [0.25, 0.3) is 0 Å². The van der Waals surface area contributed by atoms with Gasteiger partial charge in [0.15, 0.2) is 16.0 Å². The SMILES string of the molecule is O=C(Nc1nc(-c2ccco2)cs1)C1CN(c2nc3ccccc3s2)C1. The minimum absolute atomic E-state index is 0.00251. The van der Waals surface area contributed by atoms with Crippen LogP contribution in [-0.4, -0.2) is 29.0 Å². The van der Waals surface area contributed by atoms with Crippen molar-refractivity contribution in [3.63, 3.8) is 0 Å². The normalized spacial score (nSPS) is 14.5. The van der Waals surface area contributed by atoms with E-state index in [1.165, 1.54) is 16.0 Å². The van der Waals surface area contributed by atoms with E-state index in [0.717, 1.165) is 16.3 Å². The average molecular weight is 382 g/mol. The number of amides is 1. The number of furan rings is 1. The summed E-state index contributed by atoms with van der Waals surface area (Å²) in [5, 5.41) is 6.36. The first-order chi connectivity index (χ1) is 12.8. The van der Waals surface area contributed by atoms with Gasteiger partial charge in [-0.2, -0.15) is 0 Å². The maximum absolute atomic E-state index is 12.4. The lowest BCUT2D eigenvalue weighted by atomic mass is 10.0. The molecule has 1 N–H and O–H groups in total. The van der Waals surface area contributed by atoms with Gasteiger partial charge in [-0.3, -0.25) is 4.79 Å². The minimum atomic E-state index is -0.0435. The van der Waals surface area contributed by atoms with Gasteiger partial charge in [0.05, 0.1) is 22.4 Å². The molecule has 26 heavy (non-hydrogen) atoms. The first-order valence-corrected chi connectivity index (χ1v) is 9.87. The van der Waals surface area contributed by atoms with Crippen molar-refractivity contribution < 1.29 is 9.21 Å². The van der Waals surface area contributed by atoms with Gasteiger partial charge in [0.2, 0.25) is 5.91 Å². The molecule has 5 rings (SSSR count). The van der Waals surface area contributed by atoms with Crippen LogP contribution in [0, 0.1) is 5.92 Å². The molecule has 8 heteroatoms. The predicted molar refractivity (Wildman–Crippen MR) is 104 cm³/mol. The minimum Gasteiger partial charge on any atom is -0.463 e. The Kier molecular flexibility index (Phi) is 3.72. The van der Waals surface area contributed by atoms with Gasteiger partial charge < -0.3 is 14.6 Å². The van der Waals surface area contributed by atoms with Crippen LogP contribution in [0.15, 0.2) is 52.5 Å². The van der Waals surface area contributed by atoms with Gasteiger partial charge in [0, 0.05) is 18.5 Å². The van der Waals surface area contributed by atoms with Gasteiger partial charge in [-0.25, -0.2) is 9.97 Å². The smallest absolute Gasteiger partial charge is 0.232 e. The van der Waals surface area contributed by atoms with Crippen LogP contribution < -0.4 is 10.2 Å². The molecule has 0 saturated carbocycles. The summed E-state index contributed by atoms with van der Waals surface area (Å²) in [6, 6.07) is 11.8. The molecule has 0 unspecified atom stereocenters. The third-order valence-electron chi connectivity index (χ3n) is 4.31. The third kappa shape index (κ3) is 2.77. The van der Waals surface area contributed by atoms with E-state index in [1.807, 2.05) is 35.7 Å². The van der Waals surface area contributed by atoms with Crippen molar-refractivity contribution in [2.24, 2.45) is 5.92 Å². The lowest BCUT2D eigenvalue weighted by Crippen LogP contribution is -2.52. The molecule has 3 aromatic heterocycles. The Bertz CT molecular complexity index is 1030. The van der Waals surface area contributed by atoms with Crippen LogP contribution >= 0.6 is 22.7 Å². The van der Waals surface area contributed by atoms with Crippen molar-refractivity contribution in [3.05, 3.63) is 48.0 Å². The molecular weight excluding hydrogens is 368 g/mol. The standard InChI is InChI=1S/C18H14N4O2S2/c23-16(21-17-19-13(10-25-17)14-5-3-7-24-14)11-8-22(9-11)18-20-12-4-1-2-6-15(12)26-18/h1-7,10-11H,8-9H2,(H,19,21,23). The molecule has 0 bridgehead atoms. The van der Waals surface area contributed by atoms with Crippen molar-refractivity contribution in [3.8, 4) is 11.5 Å². The lowest BCUT2D eigenvalue weighted by molar-refractivity contribution is -0.120. The number of carbonyl (C=O) groups excluding carboxylic acids is 1. The zero-order valence-corrected chi connectivity index (χ0v) is 15.2. The molecule has 1 saturated heterocycles. The summed E-state index contributed by atoms with van der Waals surface area (Å²) in [6.07, 6.45) is 1.61. The second kappa shape index (κ2) is 6.22. The van der Waals surface area contributed by atoms with Crippen molar-refractivity contribution in [1.82, 2.24) is 9.97 Å². The highest BCUT2D eigenvalue weighted by atomic mass is 32.1. The molecule has 130 valence electrons. The van der Waals surface area contributed by atoms with Crippen molar-refractivity contribution in [1.29, 1.82) is 0 Å². The van der Waals surface area contributed by atoms with Crippen LogP contribution in [0.1, 0.15) is 0 Å². The number of thiazole rings is 2. The number of fused-ring (bicyclic) bond motifs is 1. The van der Waals surface area contributed by atoms with E-state index in [1.54, 1.807) is 17.6 Å². The Morgan fingerprint density at radius 1 is 1.19 bits per heavy atom. The third-order valence-corrected chi connectivity index (χ3v) is 6.17. The molecule has 0 radical (unpaired) electrons. The van der Waals surface area contributed by atoms with Crippen LogP contribution in [0.2, 0.25) is 0 Å². The summed E-state index contributed by atoms with van der Waals surface area (Å²) in [5.74, 6) is 0.660. The number of anilines is 2. The van der Waals surface area contributed by atoms with E-state index in [0.29, 0.717) is 24.0 Å². The lowest BCUT2D eigenvalue weighted by Gasteiger charge is -2.37. The number of hydrogen-bond donors (Lipinski definition) is 1. The van der Waals surface area contributed by atoms with Crippen LogP contribution in [-0.2, 0) is 4.79 Å². The Balaban J connectivity index is 1.21. The Labute approximate surface area is 157 Å². The Morgan fingerprint density at radius 3 is 2.88 bits per heavy atom. The zero-order valence-electron chi connectivity index (χ0n) is 13.6. The monoisotopic (exact) mass is 382 g/mol. The number of para-hydroxylation sites is 1. The van der Waals surface area contributed by atoms with Crippen LogP contribution in [0.5, 0.6) is 0 Å². The number of hydrogen-bond acceptors (Lipinski definition) is 7. The van der Waals surface area contributed by atoms with Crippen LogP contribution in [0.4, 0.5) is 10.3 Å². The number of nitrogens with zero attached hydrogens (tertiary/aromatic N) is 3. The number of benzene rings is 1. The van der Waals surface area contributed by atoms with E-state index < -0.39 is 0 Å². The molecule has 1 aliphatic heterocycles. The highest BCUT2D eigenvalue weighted by Crippen LogP contribution is 2.33. The first kappa shape index (κ1) is 15.5. The van der Waals surface area contributed by atoms with E-state index in [2.05, 4.69) is 26.3 Å². The van der Waals surface area contributed by atoms with E-state index in [-0.39, 0.29) is 11.8 Å². The summed E-state index contributed by atoms with van der Waals surface area (Å²) in [4.78, 5) is 23.6. The molecular formula is C18H14N4O2S2. The molecule has 4 aromatic rings. The van der Waals surface area contributed by atoms with Crippen LogP contribution in [0.25, 0.3) is 21.7 Å². The number of nitrogens with one attached hydrogen (secondary N) is 1. The molecule has 0 spiro atoms. The van der Waals surface area contributed by atoms with E-state index in [9.17, 15) is 4.79 Å². The van der Waals surface area contributed by atoms with Gasteiger partial charge in [-0.1, -0.05) is 23.5 Å². The maximum atomic E-state index is 12.4. The summed E-state index contributed by atoms with van der Waals surface area (Å²) in [6.45, 7) is 1.37. The largest absolute Gasteiger partial charge is 0.463 e. The summed E-state index contributed by atoms with van der Waals surface area (Å²) >= 11 is 3.06. The molecule has 6 nitrogen and oxygen atoms in total. The fourth-order valence-corrected chi connectivity index (χ4v) is 4.56. The molecule has 4 heterocycles. The summed E-state index contributed by atoms with van der Waals surface area (Å²) < 4.78 is 6.49. The van der Waals surface area contributed by atoms with Crippen molar-refractivity contribution >= 4 is 49.1 Å². The molecule has 1 fully saturated rings. The topological polar surface area (TPSA) is 71.3 Å². The summed E-state index contributed by atoms with van der Waals surface area (Å²) in [7, 11) is 0. The number of rotatable bonds is 4. The highest BCUT2D eigenvalue weighted by Gasteiger charge is 2.34. The fraction of sp³-hybridized carbons (Fsp3) is 0.167. The first-order valence-electron chi connectivity index (χ1n) is 8.17. The van der Waals surface area contributed by atoms with E-state index in [4.69, 9.17) is 4.42 Å².